The van der Waals surface area contributed by atoms with Crippen molar-refractivity contribution >= 4 is 38.0 Å². The zero-order chi connectivity index (χ0) is 28.8. The first-order valence-corrected chi connectivity index (χ1v) is 14.6. The fourth-order valence-corrected chi connectivity index (χ4v) is 6.29. The molecule has 0 atom stereocenters. The van der Waals surface area contributed by atoms with Crippen LogP contribution in [0.3, 0.4) is 0 Å². The first kappa shape index (κ1) is 25.0. The number of nitrogens with one attached hydrogen (secondary N) is 1. The topological polar surface area (TPSA) is 28.1 Å². The average molecular weight is 549 g/mol. The molecule has 202 valence electrons. The first-order chi connectivity index (χ1) is 21.2. The Bertz CT molecular complexity index is 2290. The Balaban J connectivity index is 1.31. The van der Waals surface area contributed by atoms with Crippen molar-refractivity contribution in [2.75, 3.05) is 0 Å². The Hall–Kier alpha value is -5.73. The summed E-state index contributed by atoms with van der Waals surface area (Å²) in [5, 5.41) is 7.72. The molecular weight excluding hydrogens is 520 g/mol. The molecule has 43 heavy (non-hydrogen) atoms. The van der Waals surface area contributed by atoms with Crippen LogP contribution < -0.4 is 5.49 Å². The highest BCUT2D eigenvalue weighted by atomic mass is 14.8. The molecule has 0 aliphatic carbocycles. The molecule has 0 bridgehead atoms. The van der Waals surface area contributed by atoms with Crippen LogP contribution >= 0.6 is 0 Å². The fraction of sp³-hybridized carbons (Fsp3) is 0. The lowest BCUT2D eigenvalue weighted by Crippen LogP contribution is -2.04. The predicted molar refractivity (Wildman–Crippen MR) is 182 cm³/mol. The molecule has 1 heterocycles. The molecule has 0 aliphatic rings. The van der Waals surface area contributed by atoms with Gasteiger partial charge in [-0.2, -0.15) is 0 Å². The lowest BCUT2D eigenvalue weighted by Gasteiger charge is -2.18. The second-order valence-electron chi connectivity index (χ2n) is 11.0. The molecule has 0 spiro atoms. The van der Waals surface area contributed by atoms with Gasteiger partial charge in [-0.3, -0.25) is 0 Å². The normalized spacial score (nSPS) is 12.0. The summed E-state index contributed by atoms with van der Waals surface area (Å²) in [5.74, 6) is 0. The summed E-state index contributed by atoms with van der Waals surface area (Å²) in [6.45, 7) is 4.22. The predicted octanol–water partition coefficient (Wildman–Crippen LogP) is 10.5. The molecule has 1 aromatic heterocycles. The largest absolute Gasteiger partial charge is 0.347 e. The first-order valence-electron chi connectivity index (χ1n) is 14.6. The summed E-state index contributed by atoms with van der Waals surface area (Å²) in [5.41, 5.74) is 9.79. The minimum absolute atomic E-state index is 0.726. The standard InChI is InChI=1S/C41H28N2/c1-27(43-39-12-5-6-25-42-39)28-13-17-31(18-14-28)37-26-38(32-19-15-30(16-20-32)29-8-3-2-4-9-29)36-24-22-34-11-7-10-33-21-23-35(37)41(36)40(33)34/h2-26H,1H2,(H,42,43). The molecule has 2 nitrogen and oxygen atoms in total. The third kappa shape index (κ3) is 4.41. The van der Waals surface area contributed by atoms with Gasteiger partial charge in [-0.05, 0) is 89.5 Å². The highest BCUT2D eigenvalue weighted by Gasteiger charge is 2.17. The minimum atomic E-state index is 0.726. The van der Waals surface area contributed by atoms with E-state index in [0.717, 1.165) is 16.7 Å². The highest BCUT2D eigenvalue weighted by Crippen LogP contribution is 2.44. The number of rotatable bonds is 5. The summed E-state index contributed by atoms with van der Waals surface area (Å²) in [6, 6.07) is 52.1. The maximum atomic E-state index is 4.67. The van der Waals surface area contributed by atoms with Crippen LogP contribution in [-0.4, -0.2) is 4.98 Å². The maximum Gasteiger partial charge on any atom is 0.130 e. The van der Waals surface area contributed by atoms with Gasteiger partial charge in [0.1, 0.15) is 5.49 Å². The van der Waals surface area contributed by atoms with Crippen LogP contribution in [0.4, 0.5) is 0 Å². The third-order valence-corrected chi connectivity index (χ3v) is 8.43. The van der Waals surface area contributed by atoms with Gasteiger partial charge >= 0.3 is 0 Å². The summed E-state index contributed by atoms with van der Waals surface area (Å²) >= 11 is 0. The van der Waals surface area contributed by atoms with Gasteiger partial charge in [-0.1, -0.05) is 134 Å². The molecule has 8 aromatic rings. The Morgan fingerprint density at radius 2 is 1.07 bits per heavy atom. The van der Waals surface area contributed by atoms with Gasteiger partial charge in [-0.25, -0.2) is 4.99 Å². The van der Waals surface area contributed by atoms with Crippen LogP contribution in [-0.2, 0) is 0 Å². The Morgan fingerprint density at radius 1 is 0.488 bits per heavy atom. The molecule has 0 aliphatic heterocycles. The lowest BCUT2D eigenvalue weighted by molar-refractivity contribution is 1.15. The van der Waals surface area contributed by atoms with E-state index in [1.54, 1.807) is 0 Å². The molecule has 2 heteroatoms. The Morgan fingerprint density at radius 3 is 1.70 bits per heavy atom. The van der Waals surface area contributed by atoms with Crippen molar-refractivity contribution < 1.29 is 0 Å². The minimum Gasteiger partial charge on any atom is -0.347 e. The number of pyridine rings is 1. The van der Waals surface area contributed by atoms with Gasteiger partial charge < -0.3 is 4.98 Å². The van der Waals surface area contributed by atoms with E-state index in [-0.39, 0.29) is 0 Å². The number of aromatic amines is 1. The molecule has 0 unspecified atom stereocenters. The van der Waals surface area contributed by atoms with Crippen molar-refractivity contribution in [1.29, 1.82) is 0 Å². The van der Waals surface area contributed by atoms with Gasteiger partial charge in [-0.15, -0.1) is 0 Å². The SMILES string of the molecule is C=C(N=c1cccc[nH]1)c1ccc(-c2cc(-c3ccc(-c4ccccc4)cc3)c3ccc4cccc5ccc2c3c54)cc1. The molecule has 0 radical (unpaired) electrons. The smallest absolute Gasteiger partial charge is 0.130 e. The second kappa shape index (κ2) is 10.3. The molecular formula is C41H28N2. The number of nitrogens with zero attached hydrogens (tertiary/aromatic N) is 1. The zero-order valence-corrected chi connectivity index (χ0v) is 23.6. The molecule has 7 aromatic carbocycles. The molecule has 1 N–H and O–H groups in total. The van der Waals surface area contributed by atoms with E-state index in [0.29, 0.717) is 0 Å². The number of H-pyrrole nitrogens is 1. The summed E-state index contributed by atoms with van der Waals surface area (Å²) in [7, 11) is 0. The third-order valence-electron chi connectivity index (χ3n) is 8.43. The number of benzene rings is 7. The molecule has 0 amide bonds. The molecule has 0 saturated carbocycles. The van der Waals surface area contributed by atoms with Crippen LogP contribution in [0.1, 0.15) is 5.56 Å². The lowest BCUT2D eigenvalue weighted by atomic mass is 9.85. The Kier molecular flexibility index (Phi) is 5.98. The second-order valence-corrected chi connectivity index (χ2v) is 11.0. The van der Waals surface area contributed by atoms with E-state index in [1.807, 2.05) is 24.4 Å². The van der Waals surface area contributed by atoms with Crippen LogP contribution in [0.5, 0.6) is 0 Å². The van der Waals surface area contributed by atoms with E-state index in [1.165, 1.54) is 65.7 Å². The van der Waals surface area contributed by atoms with Crippen molar-refractivity contribution in [3.63, 3.8) is 0 Å². The summed E-state index contributed by atoms with van der Waals surface area (Å²) in [6.07, 6.45) is 1.87. The van der Waals surface area contributed by atoms with E-state index < -0.39 is 0 Å². The highest BCUT2D eigenvalue weighted by molar-refractivity contribution is 6.28. The average Bonchev–Trinajstić information content (AvgIpc) is 3.08. The van der Waals surface area contributed by atoms with E-state index in [4.69, 9.17) is 0 Å². The molecule has 8 rings (SSSR count). The molecule has 0 saturated heterocycles. The number of hydrogen-bond acceptors (Lipinski definition) is 1. The Labute approximate surface area is 250 Å². The zero-order valence-electron chi connectivity index (χ0n) is 23.6. The number of hydrogen-bond donors (Lipinski definition) is 1. The van der Waals surface area contributed by atoms with Gasteiger partial charge in [0.2, 0.25) is 0 Å². The van der Waals surface area contributed by atoms with E-state index >= 15 is 0 Å². The van der Waals surface area contributed by atoms with Gasteiger partial charge in [0.05, 0.1) is 5.70 Å². The van der Waals surface area contributed by atoms with E-state index in [2.05, 4.69) is 144 Å². The van der Waals surface area contributed by atoms with Gasteiger partial charge in [0, 0.05) is 6.20 Å². The van der Waals surface area contributed by atoms with Crippen LogP contribution in [0.15, 0.2) is 163 Å². The van der Waals surface area contributed by atoms with Gasteiger partial charge in [0.25, 0.3) is 0 Å². The van der Waals surface area contributed by atoms with Crippen LogP contribution in [0, 0.1) is 0 Å². The van der Waals surface area contributed by atoms with Gasteiger partial charge in [0.15, 0.2) is 0 Å². The summed E-state index contributed by atoms with van der Waals surface area (Å²) in [4.78, 5) is 7.83. The fourth-order valence-electron chi connectivity index (χ4n) is 6.29. The van der Waals surface area contributed by atoms with Crippen molar-refractivity contribution in [3.05, 3.63) is 169 Å². The van der Waals surface area contributed by atoms with Crippen molar-refractivity contribution in [2.45, 2.75) is 0 Å². The maximum absolute atomic E-state index is 4.67. The monoisotopic (exact) mass is 548 g/mol. The van der Waals surface area contributed by atoms with Crippen LogP contribution in [0.2, 0.25) is 0 Å². The van der Waals surface area contributed by atoms with Crippen molar-refractivity contribution in [3.8, 4) is 33.4 Å². The quantitative estimate of drug-likeness (QED) is 0.207. The molecule has 0 fully saturated rings. The summed E-state index contributed by atoms with van der Waals surface area (Å²) < 4.78 is 0. The number of aromatic nitrogens is 1. The van der Waals surface area contributed by atoms with E-state index in [9.17, 15) is 0 Å². The van der Waals surface area contributed by atoms with Crippen molar-refractivity contribution in [2.24, 2.45) is 4.99 Å². The van der Waals surface area contributed by atoms with Crippen molar-refractivity contribution in [1.82, 2.24) is 4.98 Å². The van der Waals surface area contributed by atoms with Crippen LogP contribution in [0.25, 0.3) is 71.4 Å².